The van der Waals surface area contributed by atoms with Crippen molar-refractivity contribution < 1.29 is 28.9 Å². The number of fused-ring (bicyclic) bond motifs is 10. The normalized spacial score (nSPS) is 13.0. The van der Waals surface area contributed by atoms with Crippen LogP contribution in [0.25, 0.3) is 83.1 Å². The van der Waals surface area contributed by atoms with Gasteiger partial charge in [0.25, 0.3) is 6.71 Å². The number of benzene rings is 8. The van der Waals surface area contributed by atoms with E-state index >= 15 is 0 Å². The van der Waals surface area contributed by atoms with E-state index in [9.17, 15) is 4.39 Å². The van der Waals surface area contributed by atoms with Gasteiger partial charge in [-0.2, -0.15) is 0 Å². The quantitative estimate of drug-likeness (QED) is 0.130. The molecule has 0 saturated carbocycles. The molecule has 8 aromatic carbocycles. The summed E-state index contributed by atoms with van der Waals surface area (Å²) in [5, 5.41) is 4.75. The number of pyridine rings is 2. The molecule has 2 aliphatic heterocycles. The third kappa shape index (κ3) is 9.60. The van der Waals surface area contributed by atoms with E-state index in [1.165, 1.54) is 95.2 Å². The van der Waals surface area contributed by atoms with E-state index in [0.717, 1.165) is 66.8 Å². The molecule has 421 valence electrons. The number of nitrogens with zero attached hydrogens (tertiary/aromatic N) is 4. The first kappa shape index (κ1) is 56.6. The Balaban J connectivity index is 0.000000378. The van der Waals surface area contributed by atoms with E-state index < -0.39 is 0 Å². The van der Waals surface area contributed by atoms with Crippen molar-refractivity contribution in [1.29, 1.82) is 0 Å². The monoisotopic (exact) mass is 1280 g/mol. The van der Waals surface area contributed by atoms with Gasteiger partial charge in [-0.3, -0.25) is 4.39 Å². The fourth-order valence-corrected chi connectivity index (χ4v) is 12.5. The van der Waals surface area contributed by atoms with Crippen LogP contribution in [0, 0.1) is 31.8 Å². The number of furan rings is 1. The minimum absolute atomic E-state index is 0. The molecule has 2 aliphatic rings. The molecular weight excluding hydrogens is 1210 g/mol. The van der Waals surface area contributed by atoms with Gasteiger partial charge in [-0.15, -0.1) is 48.0 Å². The van der Waals surface area contributed by atoms with Gasteiger partial charge in [-0.1, -0.05) is 172 Å². The van der Waals surface area contributed by atoms with Gasteiger partial charge in [-0.05, 0) is 151 Å². The Morgan fingerprint density at radius 2 is 1.19 bits per heavy atom. The van der Waals surface area contributed by atoms with E-state index in [1.54, 1.807) is 6.07 Å². The Hall–Kier alpha value is -7.90. The zero-order valence-electron chi connectivity index (χ0n) is 50.7. The standard InChI is InChI=1S/C63H59BN3O.C13H11FN.Ir/c1-60(2,3)38-22-26-42(27-23-38)66-53-29-25-40(62(7,8)9)35-49(53)64-50-36-41(63(10,11)12)34-48-47-33-39(61(4,5)6)24-28-52(47)67(57(48)50)55-32-37(31-54(66)56(55)64)43-17-15-18-44-45-19-16-20-46(59(45)68-58(43)44)51-21-13-14-30-65-51;1-9-7-13(15-8-10(9)2)11-3-5-12(14)6-4-11;/h13-19,21-36H,1-12H3;3,5-8H,1-2H3;/q2*-1;. The summed E-state index contributed by atoms with van der Waals surface area (Å²) in [6, 6.07) is 63.3. The molecule has 0 bridgehead atoms. The second-order valence-corrected chi connectivity index (χ2v) is 27.2. The molecular formula is C76H70BFIrN4O-2. The Labute approximate surface area is 508 Å². The van der Waals surface area contributed by atoms with Gasteiger partial charge >= 0.3 is 0 Å². The van der Waals surface area contributed by atoms with Crippen LogP contribution in [0.2, 0.25) is 0 Å². The van der Waals surface area contributed by atoms with Crippen LogP contribution >= 0.6 is 0 Å². The Morgan fingerprint density at radius 1 is 0.524 bits per heavy atom. The summed E-state index contributed by atoms with van der Waals surface area (Å²) in [5.41, 5.74) is 26.1. The van der Waals surface area contributed by atoms with Gasteiger partial charge in [0.15, 0.2) is 0 Å². The van der Waals surface area contributed by atoms with Gasteiger partial charge in [0.05, 0.1) is 11.1 Å². The van der Waals surface area contributed by atoms with E-state index in [1.807, 2.05) is 56.6 Å². The van der Waals surface area contributed by atoms with Crippen LogP contribution in [0.3, 0.4) is 0 Å². The van der Waals surface area contributed by atoms with Crippen LogP contribution in [-0.4, -0.2) is 21.2 Å². The van der Waals surface area contributed by atoms with Crippen LogP contribution in [0.4, 0.5) is 21.5 Å². The minimum atomic E-state index is -0.275. The fourth-order valence-electron chi connectivity index (χ4n) is 12.5. The van der Waals surface area contributed by atoms with Crippen molar-refractivity contribution in [3.8, 4) is 39.3 Å². The smallest absolute Gasteiger partial charge is 0.252 e. The van der Waals surface area contributed by atoms with Crippen molar-refractivity contribution in [3.05, 3.63) is 221 Å². The van der Waals surface area contributed by atoms with E-state index in [-0.39, 0.29) is 54.3 Å². The van der Waals surface area contributed by atoms with Crippen molar-refractivity contribution >= 4 is 83.9 Å². The number of aromatic nitrogens is 3. The molecule has 5 nitrogen and oxygen atoms in total. The fraction of sp³-hybridized carbons (Fsp3) is 0.237. The molecule has 0 fully saturated rings. The van der Waals surface area contributed by atoms with Crippen molar-refractivity contribution in [2.75, 3.05) is 4.90 Å². The molecule has 0 unspecified atom stereocenters. The van der Waals surface area contributed by atoms with Crippen LogP contribution in [0.15, 0.2) is 175 Å². The maximum atomic E-state index is 12.7. The molecule has 0 spiro atoms. The van der Waals surface area contributed by atoms with Gasteiger partial charge in [-0.25, -0.2) is 0 Å². The molecule has 84 heavy (non-hydrogen) atoms. The number of aryl methyl sites for hydroxylation is 2. The molecule has 1 radical (unpaired) electrons. The average Bonchev–Trinajstić information content (AvgIpc) is 1.34. The Bertz CT molecular complexity index is 4570. The molecule has 0 N–H and O–H groups in total. The molecule has 0 amide bonds. The first-order valence-electron chi connectivity index (χ1n) is 29.2. The number of para-hydroxylation sites is 1. The third-order valence-corrected chi connectivity index (χ3v) is 17.4. The molecule has 0 atom stereocenters. The first-order chi connectivity index (χ1) is 39.4. The Kier molecular flexibility index (Phi) is 13.8. The summed E-state index contributed by atoms with van der Waals surface area (Å²) in [6.07, 6.45) is 3.66. The molecule has 14 rings (SSSR count). The van der Waals surface area contributed by atoms with E-state index in [2.05, 4.69) is 219 Å². The summed E-state index contributed by atoms with van der Waals surface area (Å²) in [4.78, 5) is 11.6. The van der Waals surface area contributed by atoms with Crippen LogP contribution in [0.1, 0.15) is 116 Å². The van der Waals surface area contributed by atoms with Crippen molar-refractivity contribution in [2.45, 2.75) is 119 Å². The summed E-state index contributed by atoms with van der Waals surface area (Å²) >= 11 is 0. The minimum Gasteiger partial charge on any atom is -0.500 e. The largest absolute Gasteiger partial charge is 0.500 e. The van der Waals surface area contributed by atoms with E-state index in [4.69, 9.17) is 9.40 Å². The van der Waals surface area contributed by atoms with Gasteiger partial charge in [0.2, 0.25) is 0 Å². The molecule has 0 saturated heterocycles. The second kappa shape index (κ2) is 20.4. The van der Waals surface area contributed by atoms with Gasteiger partial charge < -0.3 is 23.9 Å². The average molecular weight is 1280 g/mol. The summed E-state index contributed by atoms with van der Waals surface area (Å²) in [7, 11) is 0. The van der Waals surface area contributed by atoms with Crippen LogP contribution < -0.4 is 21.3 Å². The van der Waals surface area contributed by atoms with Gasteiger partial charge in [0, 0.05) is 88.3 Å². The maximum Gasteiger partial charge on any atom is 0.252 e. The second-order valence-electron chi connectivity index (χ2n) is 27.2. The van der Waals surface area contributed by atoms with Gasteiger partial charge in [0.1, 0.15) is 5.58 Å². The molecule has 4 aromatic heterocycles. The number of anilines is 3. The van der Waals surface area contributed by atoms with Crippen molar-refractivity contribution in [1.82, 2.24) is 14.5 Å². The molecule has 8 heteroatoms. The van der Waals surface area contributed by atoms with Crippen LogP contribution in [-0.2, 0) is 41.8 Å². The SMILES string of the molecule is CC(C)(C)c1ccc(N2c3ccc(C(C)(C)C)cc3B3c4c2cc(-c2cccc5c2oc2c(-c6ccccn6)[c-]ccc25)cc4-n2c4ccc(C(C)(C)C)cc4c4cc(C(C)(C)C)cc3c42)cc1.Cc1cnc(-c2[c-]cc(F)cc2)cc1C.[Ir]. The third-order valence-electron chi connectivity index (χ3n) is 17.4. The van der Waals surface area contributed by atoms with E-state index in [0.29, 0.717) is 0 Å². The number of hydrogen-bond acceptors (Lipinski definition) is 4. The summed E-state index contributed by atoms with van der Waals surface area (Å²) < 4.78 is 22.4. The number of rotatable bonds is 4. The predicted molar refractivity (Wildman–Crippen MR) is 348 cm³/mol. The zero-order valence-corrected chi connectivity index (χ0v) is 53.0. The summed E-state index contributed by atoms with van der Waals surface area (Å²) in [5.74, 6) is -0.275. The van der Waals surface area contributed by atoms with Crippen molar-refractivity contribution in [2.24, 2.45) is 0 Å². The predicted octanol–water partition coefficient (Wildman–Crippen LogP) is 18.3. The first-order valence-corrected chi connectivity index (χ1v) is 29.2. The summed E-state index contributed by atoms with van der Waals surface area (Å²) in [6.45, 7) is 32.0. The molecule has 6 heterocycles. The van der Waals surface area contributed by atoms with Crippen molar-refractivity contribution in [3.63, 3.8) is 0 Å². The molecule has 12 aromatic rings. The Morgan fingerprint density at radius 3 is 1.87 bits per heavy atom. The maximum absolute atomic E-state index is 12.7. The van der Waals surface area contributed by atoms with Crippen LogP contribution in [0.5, 0.6) is 0 Å². The number of halogens is 1. The molecule has 0 aliphatic carbocycles. The number of hydrogen-bond donors (Lipinski definition) is 0. The topological polar surface area (TPSA) is 47.1 Å². The zero-order chi connectivity index (χ0) is 58.2.